The quantitative estimate of drug-likeness (QED) is 0.767. The molecule has 82 valence electrons. The average molecular weight is 206 g/mol. The summed E-state index contributed by atoms with van der Waals surface area (Å²) in [6.45, 7) is 4.77. The predicted octanol–water partition coefficient (Wildman–Crippen LogP) is 1.52. The third kappa shape index (κ3) is 4.13. The maximum Gasteiger partial charge on any atom is 0.218 e. The van der Waals surface area contributed by atoms with E-state index in [1.807, 2.05) is 0 Å². The molecule has 0 bridgehead atoms. The Hall–Kier alpha value is -1.35. The molecule has 0 aliphatic heterocycles. The fourth-order valence-corrected chi connectivity index (χ4v) is 1.38. The van der Waals surface area contributed by atoms with Crippen molar-refractivity contribution in [2.45, 2.75) is 26.3 Å². The summed E-state index contributed by atoms with van der Waals surface area (Å²) in [6, 6.07) is 8.61. The van der Waals surface area contributed by atoms with Crippen LogP contribution in [0.1, 0.15) is 30.5 Å². The molecule has 3 heteroatoms. The van der Waals surface area contributed by atoms with Crippen molar-refractivity contribution in [3.05, 3.63) is 35.4 Å². The van der Waals surface area contributed by atoms with Gasteiger partial charge in [0.2, 0.25) is 5.91 Å². The lowest BCUT2D eigenvalue weighted by Crippen LogP contribution is -2.24. The third-order valence-electron chi connectivity index (χ3n) is 2.40. The lowest BCUT2D eigenvalue weighted by molar-refractivity contribution is -0.117. The Bertz CT molecular complexity index is 319. The minimum Gasteiger partial charge on any atom is -0.370 e. The summed E-state index contributed by atoms with van der Waals surface area (Å²) < 4.78 is 0. The third-order valence-corrected chi connectivity index (χ3v) is 2.40. The average Bonchev–Trinajstić information content (AvgIpc) is 2.18. The molecule has 0 aromatic heterocycles. The molecule has 1 rings (SSSR count). The summed E-state index contributed by atoms with van der Waals surface area (Å²) >= 11 is 0. The molecule has 0 heterocycles. The van der Waals surface area contributed by atoms with Crippen LogP contribution in [0.3, 0.4) is 0 Å². The number of benzene rings is 1. The lowest BCUT2D eigenvalue weighted by Gasteiger charge is -2.13. The van der Waals surface area contributed by atoms with Crippen molar-refractivity contribution >= 4 is 5.91 Å². The summed E-state index contributed by atoms with van der Waals surface area (Å²) in [4.78, 5) is 10.5. The summed E-state index contributed by atoms with van der Waals surface area (Å²) in [5, 5.41) is 3.25. The highest BCUT2D eigenvalue weighted by Crippen LogP contribution is 2.12. The standard InChI is InChI=1S/C12H18N2O/c1-9-3-5-11(6-4-9)10(2)14-8-7-12(13)15/h3-6,10,14H,7-8H2,1-2H3,(H2,13,15)/t10-/m1/s1. The summed E-state index contributed by atoms with van der Waals surface area (Å²) in [5.74, 6) is -0.265. The van der Waals surface area contributed by atoms with Crippen LogP contribution in [0.2, 0.25) is 0 Å². The second-order valence-corrected chi connectivity index (χ2v) is 3.80. The summed E-state index contributed by atoms with van der Waals surface area (Å²) in [6.07, 6.45) is 0.385. The van der Waals surface area contributed by atoms with Crippen LogP contribution in [0.25, 0.3) is 0 Å². The number of aryl methyl sites for hydroxylation is 1. The molecule has 1 amide bonds. The van der Waals surface area contributed by atoms with E-state index in [1.165, 1.54) is 11.1 Å². The van der Waals surface area contributed by atoms with Gasteiger partial charge < -0.3 is 11.1 Å². The molecule has 3 nitrogen and oxygen atoms in total. The molecule has 0 unspecified atom stereocenters. The zero-order valence-corrected chi connectivity index (χ0v) is 9.29. The number of hydrogen-bond donors (Lipinski definition) is 2. The second-order valence-electron chi connectivity index (χ2n) is 3.80. The maximum absolute atomic E-state index is 10.5. The highest BCUT2D eigenvalue weighted by atomic mass is 16.1. The predicted molar refractivity (Wildman–Crippen MR) is 61.4 cm³/mol. The Labute approximate surface area is 90.7 Å². The van der Waals surface area contributed by atoms with Crippen LogP contribution in [0, 0.1) is 6.92 Å². The van der Waals surface area contributed by atoms with Crippen LogP contribution in [0.5, 0.6) is 0 Å². The Kier molecular flexibility index (Phi) is 4.31. The Morgan fingerprint density at radius 2 is 2.00 bits per heavy atom. The van der Waals surface area contributed by atoms with Crippen molar-refractivity contribution in [2.75, 3.05) is 6.54 Å². The van der Waals surface area contributed by atoms with Gasteiger partial charge in [0.25, 0.3) is 0 Å². The molecule has 1 atom stereocenters. The molecule has 0 saturated heterocycles. The van der Waals surface area contributed by atoms with Crippen molar-refractivity contribution in [2.24, 2.45) is 5.73 Å². The van der Waals surface area contributed by atoms with E-state index in [1.54, 1.807) is 0 Å². The van der Waals surface area contributed by atoms with Crippen LogP contribution in [0.15, 0.2) is 24.3 Å². The molecule has 0 fully saturated rings. The number of hydrogen-bond acceptors (Lipinski definition) is 2. The number of nitrogens with one attached hydrogen (secondary N) is 1. The fourth-order valence-electron chi connectivity index (χ4n) is 1.38. The van der Waals surface area contributed by atoms with Crippen molar-refractivity contribution < 1.29 is 4.79 Å². The van der Waals surface area contributed by atoms with E-state index in [2.05, 4.69) is 43.4 Å². The molecular formula is C12H18N2O. The fraction of sp³-hybridized carbons (Fsp3) is 0.417. The molecule has 3 N–H and O–H groups in total. The van der Waals surface area contributed by atoms with Crippen molar-refractivity contribution in [3.8, 4) is 0 Å². The van der Waals surface area contributed by atoms with Gasteiger partial charge in [-0.3, -0.25) is 4.79 Å². The Balaban J connectivity index is 2.43. The molecule has 0 radical (unpaired) electrons. The van der Waals surface area contributed by atoms with Gasteiger partial charge in [0, 0.05) is 19.0 Å². The normalized spacial score (nSPS) is 12.4. The van der Waals surface area contributed by atoms with E-state index in [0.717, 1.165) is 0 Å². The Morgan fingerprint density at radius 1 is 1.40 bits per heavy atom. The molecule has 1 aromatic carbocycles. The van der Waals surface area contributed by atoms with Crippen LogP contribution in [0.4, 0.5) is 0 Å². The molecular weight excluding hydrogens is 188 g/mol. The van der Waals surface area contributed by atoms with Crippen molar-refractivity contribution in [1.29, 1.82) is 0 Å². The zero-order chi connectivity index (χ0) is 11.3. The van der Waals surface area contributed by atoms with Crippen LogP contribution >= 0.6 is 0 Å². The number of carbonyl (C=O) groups excluding carboxylic acids is 1. The van der Waals surface area contributed by atoms with E-state index in [-0.39, 0.29) is 11.9 Å². The van der Waals surface area contributed by atoms with Gasteiger partial charge in [-0.1, -0.05) is 29.8 Å². The molecule has 15 heavy (non-hydrogen) atoms. The van der Waals surface area contributed by atoms with Gasteiger partial charge in [0.1, 0.15) is 0 Å². The number of nitrogens with two attached hydrogens (primary N) is 1. The lowest BCUT2D eigenvalue weighted by atomic mass is 10.1. The molecule has 1 aromatic rings. The van der Waals surface area contributed by atoms with Crippen LogP contribution < -0.4 is 11.1 Å². The molecule has 0 saturated carbocycles. The van der Waals surface area contributed by atoms with Crippen molar-refractivity contribution in [3.63, 3.8) is 0 Å². The first-order chi connectivity index (χ1) is 7.09. The van der Waals surface area contributed by atoms with E-state index >= 15 is 0 Å². The van der Waals surface area contributed by atoms with Gasteiger partial charge in [-0.25, -0.2) is 0 Å². The van der Waals surface area contributed by atoms with Gasteiger partial charge in [0.15, 0.2) is 0 Å². The largest absolute Gasteiger partial charge is 0.370 e. The van der Waals surface area contributed by atoms with Gasteiger partial charge in [-0.05, 0) is 19.4 Å². The summed E-state index contributed by atoms with van der Waals surface area (Å²) in [5.41, 5.74) is 7.54. The number of amides is 1. The topological polar surface area (TPSA) is 55.1 Å². The van der Waals surface area contributed by atoms with E-state index in [9.17, 15) is 4.79 Å². The zero-order valence-electron chi connectivity index (χ0n) is 9.29. The smallest absolute Gasteiger partial charge is 0.218 e. The van der Waals surface area contributed by atoms with Gasteiger partial charge >= 0.3 is 0 Å². The molecule has 0 aliphatic rings. The molecule has 0 aliphatic carbocycles. The second kappa shape index (κ2) is 5.51. The van der Waals surface area contributed by atoms with E-state index < -0.39 is 0 Å². The minimum absolute atomic E-state index is 0.255. The number of carbonyl (C=O) groups is 1. The van der Waals surface area contributed by atoms with E-state index in [4.69, 9.17) is 5.73 Å². The first kappa shape index (κ1) is 11.7. The highest BCUT2D eigenvalue weighted by molar-refractivity contribution is 5.73. The highest BCUT2D eigenvalue weighted by Gasteiger charge is 2.04. The first-order valence-electron chi connectivity index (χ1n) is 5.18. The monoisotopic (exact) mass is 206 g/mol. The summed E-state index contributed by atoms with van der Waals surface area (Å²) in [7, 11) is 0. The van der Waals surface area contributed by atoms with Gasteiger partial charge in [-0.15, -0.1) is 0 Å². The minimum atomic E-state index is -0.265. The first-order valence-corrected chi connectivity index (χ1v) is 5.18. The van der Waals surface area contributed by atoms with Crippen LogP contribution in [-0.4, -0.2) is 12.5 Å². The van der Waals surface area contributed by atoms with Crippen LogP contribution in [-0.2, 0) is 4.79 Å². The number of primary amides is 1. The van der Waals surface area contributed by atoms with Crippen molar-refractivity contribution in [1.82, 2.24) is 5.32 Å². The Morgan fingerprint density at radius 3 is 2.53 bits per heavy atom. The number of rotatable bonds is 5. The molecule has 0 spiro atoms. The van der Waals surface area contributed by atoms with Gasteiger partial charge in [0.05, 0.1) is 0 Å². The SMILES string of the molecule is Cc1ccc([C@@H](C)NCCC(N)=O)cc1. The maximum atomic E-state index is 10.5. The van der Waals surface area contributed by atoms with E-state index in [0.29, 0.717) is 13.0 Å². The van der Waals surface area contributed by atoms with Gasteiger partial charge in [-0.2, -0.15) is 0 Å².